The second kappa shape index (κ2) is 6.51. The van der Waals surface area contributed by atoms with Crippen molar-refractivity contribution in [1.29, 1.82) is 0 Å². The number of benzene rings is 1. The van der Waals surface area contributed by atoms with Gasteiger partial charge >= 0.3 is 0 Å². The van der Waals surface area contributed by atoms with Crippen molar-refractivity contribution < 1.29 is 14.5 Å². The van der Waals surface area contributed by atoms with E-state index in [1.807, 2.05) is 13.8 Å². The summed E-state index contributed by atoms with van der Waals surface area (Å²) in [6.07, 6.45) is 2.74. The van der Waals surface area contributed by atoms with Crippen molar-refractivity contribution in [2.75, 3.05) is 11.4 Å². The fraction of sp³-hybridized carbons (Fsp3) is 0.526. The maximum atomic E-state index is 13.7. The number of hydrogen-bond acceptors (Lipinski definition) is 6. The van der Waals surface area contributed by atoms with Crippen LogP contribution in [-0.2, 0) is 16.0 Å². The molecule has 2 fully saturated rings. The number of thiocarbonyl (C=S) groups is 1. The number of rotatable bonds is 2. The molecule has 0 aromatic heterocycles. The van der Waals surface area contributed by atoms with Crippen molar-refractivity contribution in [2.24, 2.45) is 5.41 Å². The molecule has 1 N–H and O–H groups in total. The lowest BCUT2D eigenvalue weighted by Crippen LogP contribution is -2.73. The number of fused-ring (bicyclic) bond motifs is 4. The first-order valence-corrected chi connectivity index (χ1v) is 9.91. The fourth-order valence-electron chi connectivity index (χ4n) is 4.85. The predicted octanol–water partition coefficient (Wildman–Crippen LogP) is 2.15. The van der Waals surface area contributed by atoms with Crippen LogP contribution in [-0.4, -0.2) is 45.4 Å². The van der Waals surface area contributed by atoms with Crippen LogP contribution in [0.2, 0.25) is 0 Å². The Morgan fingerprint density at radius 2 is 2.07 bits per heavy atom. The summed E-state index contributed by atoms with van der Waals surface area (Å²) in [6, 6.07) is 4.25. The topological polar surface area (TPSA) is 95.8 Å². The Morgan fingerprint density at radius 1 is 1.32 bits per heavy atom. The van der Waals surface area contributed by atoms with Crippen LogP contribution >= 0.6 is 12.2 Å². The number of non-ortho nitro benzene ring substituents is 1. The number of nitrogens with zero attached hydrogens (tertiary/aromatic N) is 3. The molecule has 28 heavy (non-hydrogen) atoms. The smallest absolute Gasteiger partial charge is 0.269 e. The Morgan fingerprint density at radius 3 is 2.75 bits per heavy atom. The van der Waals surface area contributed by atoms with Crippen LogP contribution in [0.5, 0.6) is 0 Å². The quantitative estimate of drug-likeness (QED) is 0.352. The predicted molar refractivity (Wildman–Crippen MR) is 107 cm³/mol. The summed E-state index contributed by atoms with van der Waals surface area (Å²) in [4.78, 5) is 41.3. The second-order valence-electron chi connectivity index (χ2n) is 7.95. The van der Waals surface area contributed by atoms with Gasteiger partial charge in [-0.05, 0) is 57.0 Å². The molecule has 9 heteroatoms. The van der Waals surface area contributed by atoms with E-state index in [4.69, 9.17) is 12.2 Å². The fourth-order valence-corrected chi connectivity index (χ4v) is 5.24. The molecule has 8 nitrogen and oxygen atoms in total. The number of nitro benzene ring substituents is 1. The minimum absolute atomic E-state index is 0.0377. The maximum Gasteiger partial charge on any atom is 0.269 e. The van der Waals surface area contributed by atoms with E-state index in [0.29, 0.717) is 18.5 Å². The third-order valence-electron chi connectivity index (χ3n) is 6.09. The third-order valence-corrected chi connectivity index (χ3v) is 6.38. The molecular weight excluding hydrogens is 380 g/mol. The third kappa shape index (κ3) is 2.52. The molecule has 0 aliphatic carbocycles. The molecule has 3 heterocycles. The Kier molecular flexibility index (Phi) is 4.37. The Labute approximate surface area is 168 Å². The van der Waals surface area contributed by atoms with Gasteiger partial charge in [-0.2, -0.15) is 0 Å². The van der Waals surface area contributed by atoms with Crippen molar-refractivity contribution in [2.45, 2.75) is 51.6 Å². The van der Waals surface area contributed by atoms with Crippen LogP contribution in [0.4, 0.5) is 11.4 Å². The largest absolute Gasteiger partial charge is 0.367 e. The average molecular weight is 402 g/mol. The zero-order valence-corrected chi connectivity index (χ0v) is 16.6. The number of nitro groups is 1. The lowest BCUT2D eigenvalue weighted by molar-refractivity contribution is -0.384. The maximum absolute atomic E-state index is 13.7. The van der Waals surface area contributed by atoms with Crippen LogP contribution in [0, 0.1) is 15.5 Å². The molecule has 3 aliphatic rings. The van der Waals surface area contributed by atoms with Crippen molar-refractivity contribution in [3.8, 4) is 0 Å². The number of nitrogens with one attached hydrogen (secondary N) is 1. The molecule has 2 unspecified atom stereocenters. The summed E-state index contributed by atoms with van der Waals surface area (Å²) in [5, 5.41) is 14.1. The Balaban J connectivity index is 1.89. The lowest BCUT2D eigenvalue weighted by Gasteiger charge is -2.54. The lowest BCUT2D eigenvalue weighted by atomic mass is 9.66. The minimum Gasteiger partial charge on any atom is -0.367 e. The van der Waals surface area contributed by atoms with Crippen molar-refractivity contribution >= 4 is 40.5 Å². The van der Waals surface area contributed by atoms with Gasteiger partial charge in [-0.15, -0.1) is 0 Å². The molecule has 4 rings (SSSR count). The van der Waals surface area contributed by atoms with Gasteiger partial charge in [0.2, 0.25) is 11.8 Å². The van der Waals surface area contributed by atoms with Gasteiger partial charge in [0.05, 0.1) is 11.0 Å². The molecule has 1 spiro atoms. The van der Waals surface area contributed by atoms with Gasteiger partial charge in [-0.3, -0.25) is 24.6 Å². The highest BCUT2D eigenvalue weighted by Crippen LogP contribution is 2.48. The number of carbonyl (C=O) groups is 2. The van der Waals surface area contributed by atoms with Gasteiger partial charge in [0, 0.05) is 36.8 Å². The second-order valence-corrected chi connectivity index (χ2v) is 8.34. The highest BCUT2D eigenvalue weighted by atomic mass is 32.1. The molecule has 1 aromatic rings. The zero-order valence-electron chi connectivity index (χ0n) is 15.8. The van der Waals surface area contributed by atoms with Crippen LogP contribution in [0.25, 0.3) is 0 Å². The number of hydrogen-bond donors (Lipinski definition) is 1. The molecule has 2 amide bonds. The normalized spacial score (nSPS) is 27.0. The monoisotopic (exact) mass is 402 g/mol. The van der Waals surface area contributed by atoms with E-state index in [-0.39, 0.29) is 35.2 Å². The molecule has 0 radical (unpaired) electrons. The van der Waals surface area contributed by atoms with E-state index in [1.165, 1.54) is 17.0 Å². The van der Waals surface area contributed by atoms with E-state index in [0.717, 1.165) is 18.5 Å². The highest BCUT2D eigenvalue weighted by molar-refractivity contribution is 7.80. The van der Waals surface area contributed by atoms with Crippen molar-refractivity contribution in [3.05, 3.63) is 33.9 Å². The van der Waals surface area contributed by atoms with Crippen LogP contribution in [0.3, 0.4) is 0 Å². The highest BCUT2D eigenvalue weighted by Gasteiger charge is 2.61. The zero-order chi connectivity index (χ0) is 20.2. The standard InChI is InChI=1S/C19H22N4O4S/c1-11(2)22-17(25)19(16(24)20-18(22)28)10-12-9-13(23(26)27)6-7-14(12)21-8-4-3-5-15(19)21/h6-7,9,11,15H,3-5,8,10H2,1-2H3,(H,20,24,28). The van der Waals surface area contributed by atoms with Gasteiger partial charge < -0.3 is 10.2 Å². The SMILES string of the molecule is CC(C)N1C(=O)C2(Cc3cc([N+](=O)[O-])ccc3N3CCCCC32)C(=O)NC1=S. The number of anilines is 1. The van der Waals surface area contributed by atoms with E-state index < -0.39 is 16.2 Å². The van der Waals surface area contributed by atoms with E-state index in [2.05, 4.69) is 10.2 Å². The first-order chi connectivity index (χ1) is 13.3. The number of piperidine rings is 1. The van der Waals surface area contributed by atoms with Crippen LogP contribution in [0.15, 0.2) is 18.2 Å². The van der Waals surface area contributed by atoms with Crippen molar-refractivity contribution in [1.82, 2.24) is 10.2 Å². The van der Waals surface area contributed by atoms with Gasteiger partial charge in [0.25, 0.3) is 5.69 Å². The molecule has 2 atom stereocenters. The number of amides is 2. The van der Waals surface area contributed by atoms with Gasteiger partial charge in [-0.25, -0.2) is 0 Å². The van der Waals surface area contributed by atoms with Crippen LogP contribution < -0.4 is 10.2 Å². The van der Waals surface area contributed by atoms with E-state index >= 15 is 0 Å². The first kappa shape index (κ1) is 18.8. The Hall–Kier alpha value is -2.55. The molecule has 3 aliphatic heterocycles. The van der Waals surface area contributed by atoms with Crippen molar-refractivity contribution in [3.63, 3.8) is 0 Å². The van der Waals surface area contributed by atoms with E-state index in [9.17, 15) is 19.7 Å². The summed E-state index contributed by atoms with van der Waals surface area (Å²) < 4.78 is 0. The molecule has 2 saturated heterocycles. The van der Waals surface area contributed by atoms with Crippen LogP contribution in [0.1, 0.15) is 38.7 Å². The van der Waals surface area contributed by atoms with Gasteiger partial charge in [0.15, 0.2) is 10.5 Å². The number of carbonyl (C=O) groups excluding carboxylic acids is 2. The summed E-state index contributed by atoms with van der Waals surface area (Å²) in [6.45, 7) is 4.43. The molecule has 1 aromatic carbocycles. The van der Waals surface area contributed by atoms with E-state index in [1.54, 1.807) is 6.07 Å². The van der Waals surface area contributed by atoms with Gasteiger partial charge in [-0.1, -0.05) is 0 Å². The summed E-state index contributed by atoms with van der Waals surface area (Å²) in [5.74, 6) is -0.696. The average Bonchev–Trinajstić information content (AvgIpc) is 2.65. The summed E-state index contributed by atoms with van der Waals surface area (Å²) in [5.41, 5.74) is 0.178. The molecule has 148 valence electrons. The molecule has 0 saturated carbocycles. The molecular formula is C19H22N4O4S. The molecule has 0 bridgehead atoms. The Bertz CT molecular complexity index is 902. The first-order valence-electron chi connectivity index (χ1n) is 9.50. The summed E-state index contributed by atoms with van der Waals surface area (Å²) in [7, 11) is 0. The van der Waals surface area contributed by atoms with Gasteiger partial charge in [0.1, 0.15) is 0 Å². The summed E-state index contributed by atoms with van der Waals surface area (Å²) >= 11 is 5.26. The minimum atomic E-state index is -1.32.